The van der Waals surface area contributed by atoms with Crippen LogP contribution in [0, 0.1) is 5.82 Å². The Balaban J connectivity index is 2.24. The molecule has 0 saturated carbocycles. The molecule has 0 aliphatic carbocycles. The van der Waals surface area contributed by atoms with Crippen LogP contribution in [0.2, 0.25) is 0 Å². The minimum Gasteiger partial charge on any atom is -0.330 e. The molecule has 1 heterocycles. The van der Waals surface area contributed by atoms with E-state index in [4.69, 9.17) is 5.73 Å². The van der Waals surface area contributed by atoms with Gasteiger partial charge in [0.25, 0.3) is 0 Å². The Morgan fingerprint density at radius 3 is 2.25 bits per heavy atom. The van der Waals surface area contributed by atoms with E-state index in [1.165, 1.54) is 12.1 Å². The van der Waals surface area contributed by atoms with Gasteiger partial charge in [-0.3, -0.25) is 0 Å². The molecule has 0 amide bonds. The molecule has 0 aliphatic heterocycles. The third-order valence-electron chi connectivity index (χ3n) is 2.24. The molecule has 1 aromatic carbocycles. The van der Waals surface area contributed by atoms with Crippen LogP contribution in [-0.4, -0.2) is 16.5 Å². The highest BCUT2D eigenvalue weighted by Crippen LogP contribution is 2.14. The fourth-order valence-corrected chi connectivity index (χ4v) is 1.40. The zero-order valence-corrected chi connectivity index (χ0v) is 8.73. The van der Waals surface area contributed by atoms with Crippen molar-refractivity contribution in [2.24, 2.45) is 5.73 Å². The van der Waals surface area contributed by atoms with E-state index in [1.54, 1.807) is 24.5 Å². The molecule has 0 fully saturated rings. The van der Waals surface area contributed by atoms with Gasteiger partial charge in [0.05, 0.1) is 0 Å². The third-order valence-corrected chi connectivity index (χ3v) is 2.24. The number of benzene rings is 1. The first-order valence-corrected chi connectivity index (χ1v) is 5.06. The van der Waals surface area contributed by atoms with Crippen molar-refractivity contribution in [1.29, 1.82) is 0 Å². The standard InChI is InChI=1S/C12H12FN3/c13-11-3-1-10(2-4-11)12-15-7-9(5-6-14)8-16-12/h1-4,7-8H,5-6,14H2. The van der Waals surface area contributed by atoms with Crippen LogP contribution in [-0.2, 0) is 6.42 Å². The van der Waals surface area contributed by atoms with Gasteiger partial charge < -0.3 is 5.73 Å². The summed E-state index contributed by atoms with van der Waals surface area (Å²) in [5.41, 5.74) is 7.24. The summed E-state index contributed by atoms with van der Waals surface area (Å²) in [7, 11) is 0. The topological polar surface area (TPSA) is 51.8 Å². The molecule has 1 aromatic heterocycles. The fourth-order valence-electron chi connectivity index (χ4n) is 1.40. The maximum absolute atomic E-state index is 12.7. The first kappa shape index (κ1) is 10.7. The monoisotopic (exact) mass is 217 g/mol. The second kappa shape index (κ2) is 4.81. The predicted octanol–water partition coefficient (Wildman–Crippen LogP) is 1.78. The average Bonchev–Trinajstić information content (AvgIpc) is 2.32. The molecule has 0 saturated heterocycles. The molecular formula is C12H12FN3. The van der Waals surface area contributed by atoms with Crippen molar-refractivity contribution in [3.05, 3.63) is 48.0 Å². The second-order valence-corrected chi connectivity index (χ2v) is 3.46. The van der Waals surface area contributed by atoms with E-state index in [0.717, 1.165) is 17.5 Å². The van der Waals surface area contributed by atoms with E-state index < -0.39 is 0 Å². The van der Waals surface area contributed by atoms with Crippen LogP contribution in [0.15, 0.2) is 36.7 Å². The van der Waals surface area contributed by atoms with Crippen LogP contribution in [0.5, 0.6) is 0 Å². The highest BCUT2D eigenvalue weighted by atomic mass is 19.1. The Kier molecular flexibility index (Phi) is 3.22. The van der Waals surface area contributed by atoms with Gasteiger partial charge >= 0.3 is 0 Å². The molecule has 0 radical (unpaired) electrons. The smallest absolute Gasteiger partial charge is 0.159 e. The van der Waals surface area contributed by atoms with Crippen molar-refractivity contribution >= 4 is 0 Å². The van der Waals surface area contributed by atoms with Gasteiger partial charge in [-0.05, 0) is 42.8 Å². The molecule has 2 aromatic rings. The summed E-state index contributed by atoms with van der Waals surface area (Å²) in [6.07, 6.45) is 4.26. The number of aromatic nitrogens is 2. The van der Waals surface area contributed by atoms with Crippen molar-refractivity contribution in [3.8, 4) is 11.4 Å². The van der Waals surface area contributed by atoms with Gasteiger partial charge in [0.1, 0.15) is 5.82 Å². The van der Waals surface area contributed by atoms with Crippen molar-refractivity contribution in [2.45, 2.75) is 6.42 Å². The summed E-state index contributed by atoms with van der Waals surface area (Å²) in [5, 5.41) is 0. The van der Waals surface area contributed by atoms with E-state index >= 15 is 0 Å². The van der Waals surface area contributed by atoms with Gasteiger partial charge in [0.2, 0.25) is 0 Å². The second-order valence-electron chi connectivity index (χ2n) is 3.46. The first-order valence-electron chi connectivity index (χ1n) is 5.06. The van der Waals surface area contributed by atoms with Gasteiger partial charge in [-0.2, -0.15) is 0 Å². The van der Waals surface area contributed by atoms with Crippen molar-refractivity contribution in [2.75, 3.05) is 6.54 Å². The van der Waals surface area contributed by atoms with Gasteiger partial charge in [-0.15, -0.1) is 0 Å². The molecule has 2 rings (SSSR count). The Morgan fingerprint density at radius 1 is 1.06 bits per heavy atom. The quantitative estimate of drug-likeness (QED) is 0.852. The van der Waals surface area contributed by atoms with E-state index in [1.807, 2.05) is 0 Å². The number of hydrogen-bond donors (Lipinski definition) is 1. The molecule has 0 spiro atoms. The number of halogens is 1. The van der Waals surface area contributed by atoms with Gasteiger partial charge in [0.15, 0.2) is 5.82 Å². The largest absolute Gasteiger partial charge is 0.330 e. The van der Waals surface area contributed by atoms with Crippen LogP contribution in [0.3, 0.4) is 0 Å². The molecular weight excluding hydrogens is 205 g/mol. The number of nitrogens with zero attached hydrogens (tertiary/aromatic N) is 2. The van der Waals surface area contributed by atoms with Crippen molar-refractivity contribution < 1.29 is 4.39 Å². The number of hydrogen-bond acceptors (Lipinski definition) is 3. The van der Waals surface area contributed by atoms with Gasteiger partial charge in [-0.25, -0.2) is 14.4 Å². The fraction of sp³-hybridized carbons (Fsp3) is 0.167. The molecule has 4 heteroatoms. The Bertz CT molecular complexity index is 451. The SMILES string of the molecule is NCCc1cnc(-c2ccc(F)cc2)nc1. The average molecular weight is 217 g/mol. The van der Waals surface area contributed by atoms with Gasteiger partial charge in [0, 0.05) is 18.0 Å². The van der Waals surface area contributed by atoms with Crippen LogP contribution < -0.4 is 5.73 Å². The molecule has 0 unspecified atom stereocenters. The van der Waals surface area contributed by atoms with E-state index in [-0.39, 0.29) is 5.82 Å². The lowest BCUT2D eigenvalue weighted by Gasteiger charge is -2.01. The van der Waals surface area contributed by atoms with Crippen LogP contribution >= 0.6 is 0 Å². The molecule has 0 aliphatic rings. The molecule has 0 bridgehead atoms. The Hall–Kier alpha value is -1.81. The first-order chi connectivity index (χ1) is 7.79. The molecule has 2 N–H and O–H groups in total. The normalized spacial score (nSPS) is 10.4. The number of rotatable bonds is 3. The lowest BCUT2D eigenvalue weighted by molar-refractivity contribution is 0.628. The third kappa shape index (κ3) is 2.41. The van der Waals surface area contributed by atoms with Crippen LogP contribution in [0.25, 0.3) is 11.4 Å². The summed E-state index contributed by atoms with van der Waals surface area (Å²) >= 11 is 0. The summed E-state index contributed by atoms with van der Waals surface area (Å²) < 4.78 is 12.7. The van der Waals surface area contributed by atoms with E-state index in [9.17, 15) is 4.39 Å². The zero-order chi connectivity index (χ0) is 11.4. The Morgan fingerprint density at radius 2 is 1.69 bits per heavy atom. The molecule has 16 heavy (non-hydrogen) atoms. The summed E-state index contributed by atoms with van der Waals surface area (Å²) in [6, 6.07) is 6.11. The Labute approximate surface area is 93.2 Å². The minimum absolute atomic E-state index is 0.261. The molecule has 0 atom stereocenters. The summed E-state index contributed by atoms with van der Waals surface area (Å²) in [5.74, 6) is 0.337. The maximum atomic E-state index is 12.7. The summed E-state index contributed by atoms with van der Waals surface area (Å²) in [4.78, 5) is 8.42. The maximum Gasteiger partial charge on any atom is 0.159 e. The van der Waals surface area contributed by atoms with Crippen molar-refractivity contribution in [1.82, 2.24) is 9.97 Å². The molecule has 82 valence electrons. The van der Waals surface area contributed by atoms with Crippen LogP contribution in [0.4, 0.5) is 4.39 Å². The highest BCUT2D eigenvalue weighted by molar-refractivity contribution is 5.54. The van der Waals surface area contributed by atoms with Crippen molar-refractivity contribution in [3.63, 3.8) is 0 Å². The lowest BCUT2D eigenvalue weighted by atomic mass is 10.2. The lowest BCUT2D eigenvalue weighted by Crippen LogP contribution is -2.03. The van der Waals surface area contributed by atoms with E-state index in [2.05, 4.69) is 9.97 Å². The van der Waals surface area contributed by atoms with Crippen LogP contribution in [0.1, 0.15) is 5.56 Å². The molecule has 3 nitrogen and oxygen atoms in total. The minimum atomic E-state index is -0.261. The number of nitrogens with two attached hydrogens (primary N) is 1. The highest BCUT2D eigenvalue weighted by Gasteiger charge is 2.01. The van der Waals surface area contributed by atoms with Gasteiger partial charge in [-0.1, -0.05) is 0 Å². The van der Waals surface area contributed by atoms with E-state index in [0.29, 0.717) is 12.4 Å². The summed E-state index contributed by atoms with van der Waals surface area (Å²) in [6.45, 7) is 0.583. The zero-order valence-electron chi connectivity index (χ0n) is 8.73. The predicted molar refractivity (Wildman–Crippen MR) is 60.2 cm³/mol.